The number of phosphoric acid groups is 2. The third-order valence-electron chi connectivity index (χ3n) is 9.74. The Morgan fingerprint density at radius 1 is 0.375 bits per heavy atom. The van der Waals surface area contributed by atoms with Gasteiger partial charge in [-0.2, -0.15) is 0 Å². The summed E-state index contributed by atoms with van der Waals surface area (Å²) in [6.07, 6.45) is -6.03. The molecule has 14 nitrogen and oxygen atoms in total. The van der Waals surface area contributed by atoms with E-state index in [4.69, 9.17) is 45.7 Å². The minimum Gasteiger partial charge on any atom is -0.373 e. The number of phosphoric ester groups is 2. The van der Waals surface area contributed by atoms with E-state index in [1.807, 2.05) is 86.6 Å². The Bertz CT molecular complexity index is 1890. The normalized spacial score (nSPS) is 20.9. The third-order valence-corrected chi connectivity index (χ3v) is 14.0. The van der Waals surface area contributed by atoms with Gasteiger partial charge in [-0.25, -0.2) is 9.13 Å². The van der Waals surface area contributed by atoms with Crippen LogP contribution >= 0.6 is 30.4 Å². The van der Waals surface area contributed by atoms with E-state index in [2.05, 4.69) is 0 Å². The molecule has 0 unspecified atom stereocenters. The molecule has 4 aromatic carbocycles. The van der Waals surface area contributed by atoms with Crippen LogP contribution in [0.15, 0.2) is 121 Å². The molecule has 1 saturated carbocycles. The summed E-state index contributed by atoms with van der Waals surface area (Å²) in [7, 11) is -16.3. The Morgan fingerprint density at radius 3 is 0.859 bits per heavy atom. The molecule has 0 aliphatic heterocycles. The number of rotatable bonds is 28. The quantitative estimate of drug-likeness (QED) is 0.0390. The van der Waals surface area contributed by atoms with Crippen molar-refractivity contribution in [3.63, 3.8) is 0 Å². The van der Waals surface area contributed by atoms with Crippen molar-refractivity contribution >= 4 is 30.4 Å². The lowest BCUT2D eigenvalue weighted by molar-refractivity contribution is -0.229. The highest BCUT2D eigenvalue weighted by Gasteiger charge is 2.60. The molecular weight excluding hydrogens is 900 g/mol. The molecular formula is C46H64O14P4. The molecule has 0 aromatic heterocycles. The van der Waals surface area contributed by atoms with Crippen LogP contribution < -0.4 is 0 Å². The Morgan fingerprint density at radius 2 is 0.625 bits per heavy atom. The standard InChI is InChI=1S/C46H64O14P4/c1-7-9-31-51-41-43(57-61(3,4)47)44(58-62(5,6)48)42(52-32-10-8-2)46(60-64(50,55-35-39-27-19-13-20-28-39)56-36-40-29-21-14-22-30-40)45(41)59-63(49,53-33-37-23-15-11-16-24-37)54-34-38-25-17-12-18-26-38/h11-30,41-46H,7-10,31-36H2,1-6H3/t41-,42+,43-,44-,45+,46+/m0/s1. The molecule has 0 N–H and O–H groups in total. The summed E-state index contributed by atoms with van der Waals surface area (Å²) in [6.45, 7) is 9.12. The van der Waals surface area contributed by atoms with Crippen molar-refractivity contribution in [1.29, 1.82) is 0 Å². The molecule has 1 aliphatic carbocycles. The summed E-state index contributed by atoms with van der Waals surface area (Å²) in [6, 6.07) is 36.3. The van der Waals surface area contributed by atoms with E-state index in [-0.39, 0.29) is 39.6 Å². The van der Waals surface area contributed by atoms with Gasteiger partial charge in [-0.15, -0.1) is 0 Å². The van der Waals surface area contributed by atoms with Crippen molar-refractivity contribution < 1.29 is 63.9 Å². The molecule has 1 aliphatic rings. The van der Waals surface area contributed by atoms with E-state index in [9.17, 15) is 9.13 Å². The molecule has 6 atom stereocenters. The highest BCUT2D eigenvalue weighted by molar-refractivity contribution is 7.57. The summed E-state index contributed by atoms with van der Waals surface area (Å²) in [4.78, 5) is 0. The molecule has 64 heavy (non-hydrogen) atoms. The fraction of sp³-hybridized carbons (Fsp3) is 0.478. The van der Waals surface area contributed by atoms with Gasteiger partial charge < -0.3 is 18.5 Å². The van der Waals surface area contributed by atoms with Crippen LogP contribution in [0.5, 0.6) is 0 Å². The predicted molar refractivity (Wildman–Crippen MR) is 248 cm³/mol. The molecule has 0 amide bonds. The van der Waals surface area contributed by atoms with Crippen molar-refractivity contribution in [2.24, 2.45) is 0 Å². The van der Waals surface area contributed by atoms with Crippen molar-refractivity contribution in [3.8, 4) is 0 Å². The van der Waals surface area contributed by atoms with Gasteiger partial charge >= 0.3 is 15.6 Å². The van der Waals surface area contributed by atoms with Crippen LogP contribution in [0, 0.1) is 0 Å². The summed E-state index contributed by atoms with van der Waals surface area (Å²) in [5, 5.41) is 0. The van der Waals surface area contributed by atoms with Crippen LogP contribution in [0.1, 0.15) is 61.8 Å². The highest BCUT2D eigenvalue weighted by atomic mass is 31.2. The van der Waals surface area contributed by atoms with E-state index in [1.165, 1.54) is 26.7 Å². The number of unbranched alkanes of at least 4 members (excludes halogenated alkanes) is 2. The largest absolute Gasteiger partial charge is 0.475 e. The Hall–Kier alpha value is -2.60. The maximum Gasteiger partial charge on any atom is 0.475 e. The van der Waals surface area contributed by atoms with E-state index in [0.717, 1.165) is 12.8 Å². The Balaban J connectivity index is 1.70. The van der Waals surface area contributed by atoms with Gasteiger partial charge in [-0.3, -0.25) is 36.3 Å². The summed E-state index contributed by atoms with van der Waals surface area (Å²) in [5.74, 6) is 0. The third kappa shape index (κ3) is 17.6. The van der Waals surface area contributed by atoms with Gasteiger partial charge in [0.1, 0.15) is 36.6 Å². The van der Waals surface area contributed by atoms with E-state index < -0.39 is 67.0 Å². The van der Waals surface area contributed by atoms with Crippen LogP contribution in [-0.2, 0) is 90.4 Å². The minimum absolute atomic E-state index is 0.113. The van der Waals surface area contributed by atoms with Gasteiger partial charge in [0.15, 0.2) is 14.7 Å². The lowest BCUT2D eigenvalue weighted by Gasteiger charge is -2.50. The molecule has 18 heteroatoms. The molecule has 352 valence electrons. The maximum absolute atomic E-state index is 15.4. The van der Waals surface area contributed by atoms with E-state index >= 15 is 9.13 Å². The first kappa shape index (κ1) is 52.4. The number of hydrogen-bond acceptors (Lipinski definition) is 14. The summed E-state index contributed by atoms with van der Waals surface area (Å²) in [5.41, 5.74) is 2.68. The van der Waals surface area contributed by atoms with Gasteiger partial charge in [0, 0.05) is 39.9 Å². The molecule has 0 bridgehead atoms. The van der Waals surface area contributed by atoms with E-state index in [1.54, 1.807) is 48.5 Å². The molecule has 0 radical (unpaired) electrons. The Kier molecular flexibility index (Phi) is 20.9. The molecule has 0 spiro atoms. The van der Waals surface area contributed by atoms with Gasteiger partial charge in [-0.1, -0.05) is 148 Å². The average Bonchev–Trinajstić information content (AvgIpc) is 3.27. The fourth-order valence-corrected chi connectivity index (χ4v) is 11.1. The summed E-state index contributed by atoms with van der Waals surface area (Å²) >= 11 is 0. The molecule has 0 heterocycles. The SMILES string of the molecule is CCCCO[C@@H]1[C@H](OP(C)(C)=O)[C@@H](OP(C)(C)=O)[C@H](OCCCC)[C@@H](OP(=O)(OCc2ccccc2)OCc2ccccc2)[C@@H]1OP(=O)(OCc1ccccc1)OCc1ccccc1. The van der Waals surface area contributed by atoms with Gasteiger partial charge in [0.25, 0.3) is 0 Å². The van der Waals surface area contributed by atoms with Gasteiger partial charge in [-0.05, 0) is 35.1 Å². The zero-order chi connectivity index (χ0) is 46.1. The lowest BCUT2D eigenvalue weighted by atomic mass is 9.84. The Labute approximate surface area is 379 Å². The second-order valence-corrected chi connectivity index (χ2v) is 24.8. The monoisotopic (exact) mass is 964 g/mol. The maximum atomic E-state index is 15.4. The van der Waals surface area contributed by atoms with Crippen molar-refractivity contribution in [3.05, 3.63) is 144 Å². The van der Waals surface area contributed by atoms with Crippen LogP contribution in [0.25, 0.3) is 0 Å². The molecule has 5 rings (SSSR count). The topological polar surface area (TPSA) is 161 Å². The average molecular weight is 965 g/mol. The highest BCUT2D eigenvalue weighted by Crippen LogP contribution is 2.60. The van der Waals surface area contributed by atoms with Gasteiger partial charge in [0.05, 0.1) is 26.4 Å². The zero-order valence-corrected chi connectivity index (χ0v) is 41.2. The van der Waals surface area contributed by atoms with Crippen LogP contribution in [0.4, 0.5) is 0 Å². The second kappa shape index (κ2) is 25.5. The number of benzene rings is 4. The minimum atomic E-state index is -4.73. The first-order valence-electron chi connectivity index (χ1n) is 21.6. The molecule has 4 aromatic rings. The second-order valence-electron chi connectivity index (χ2n) is 16.1. The van der Waals surface area contributed by atoms with Crippen molar-refractivity contribution in [2.75, 3.05) is 39.9 Å². The van der Waals surface area contributed by atoms with Crippen LogP contribution in [0.3, 0.4) is 0 Å². The lowest BCUT2D eigenvalue weighted by Crippen LogP contribution is -2.67. The van der Waals surface area contributed by atoms with Crippen molar-refractivity contribution in [1.82, 2.24) is 0 Å². The molecule has 1 fully saturated rings. The smallest absolute Gasteiger partial charge is 0.373 e. The van der Waals surface area contributed by atoms with Crippen LogP contribution in [-0.4, -0.2) is 76.5 Å². The number of ether oxygens (including phenoxy) is 2. The summed E-state index contributed by atoms with van der Waals surface area (Å²) < 4.78 is 122. The molecule has 0 saturated heterocycles. The fourth-order valence-electron chi connectivity index (χ4n) is 6.70. The van der Waals surface area contributed by atoms with Crippen LogP contribution in [0.2, 0.25) is 0 Å². The van der Waals surface area contributed by atoms with Crippen molar-refractivity contribution in [2.45, 2.75) is 103 Å². The number of hydrogen-bond donors (Lipinski definition) is 0. The van der Waals surface area contributed by atoms with E-state index in [0.29, 0.717) is 35.1 Å². The first-order valence-corrected chi connectivity index (χ1v) is 29.6. The first-order chi connectivity index (χ1) is 30.6. The van der Waals surface area contributed by atoms with Gasteiger partial charge in [0.2, 0.25) is 0 Å². The zero-order valence-electron chi connectivity index (χ0n) is 37.6. The predicted octanol–water partition coefficient (Wildman–Crippen LogP) is 12.1.